The number of amides is 1. The molecule has 2 aliphatic carbocycles. The Labute approximate surface area is 114 Å². The van der Waals surface area contributed by atoms with E-state index in [9.17, 15) is 4.79 Å². The molecule has 2 N–H and O–H groups in total. The van der Waals surface area contributed by atoms with Crippen molar-refractivity contribution in [2.75, 3.05) is 13.1 Å². The van der Waals surface area contributed by atoms with Gasteiger partial charge in [0.1, 0.15) is 0 Å². The summed E-state index contributed by atoms with van der Waals surface area (Å²) in [6, 6.07) is 8.88. The van der Waals surface area contributed by atoms with Crippen molar-refractivity contribution >= 4 is 5.91 Å². The first-order chi connectivity index (χ1) is 9.31. The third-order valence-electron chi connectivity index (χ3n) is 4.31. The van der Waals surface area contributed by atoms with Crippen molar-refractivity contribution in [3.05, 3.63) is 35.4 Å². The Balaban J connectivity index is 1.83. The molecule has 1 amide bonds. The van der Waals surface area contributed by atoms with Crippen LogP contribution in [0.4, 0.5) is 0 Å². The van der Waals surface area contributed by atoms with E-state index in [0.29, 0.717) is 25.0 Å². The minimum Gasteiger partial charge on any atom is -0.338 e. The van der Waals surface area contributed by atoms with Crippen molar-refractivity contribution in [2.24, 2.45) is 5.73 Å². The molecule has 19 heavy (non-hydrogen) atoms. The number of fused-ring (bicyclic) bond motifs is 1. The van der Waals surface area contributed by atoms with Gasteiger partial charge in [-0.15, -0.1) is 0 Å². The van der Waals surface area contributed by atoms with E-state index in [1.165, 1.54) is 11.1 Å². The Morgan fingerprint density at radius 3 is 2.79 bits per heavy atom. The second-order valence-corrected chi connectivity index (χ2v) is 5.70. The molecule has 0 saturated heterocycles. The summed E-state index contributed by atoms with van der Waals surface area (Å²) in [6.07, 6.45) is 5.53. The lowest BCUT2D eigenvalue weighted by Gasteiger charge is -2.30. The van der Waals surface area contributed by atoms with Crippen molar-refractivity contribution in [2.45, 2.75) is 44.1 Å². The molecule has 0 radical (unpaired) electrons. The molecule has 0 heterocycles. The zero-order chi connectivity index (χ0) is 13.2. The molecule has 1 fully saturated rings. The molecule has 0 bridgehead atoms. The van der Waals surface area contributed by atoms with E-state index in [4.69, 9.17) is 5.73 Å². The van der Waals surface area contributed by atoms with E-state index in [1.807, 2.05) is 4.90 Å². The van der Waals surface area contributed by atoms with E-state index in [2.05, 4.69) is 24.3 Å². The lowest BCUT2D eigenvalue weighted by molar-refractivity contribution is -0.133. The Hall–Kier alpha value is -1.35. The van der Waals surface area contributed by atoms with Crippen LogP contribution in [0.1, 0.15) is 42.7 Å². The first kappa shape index (κ1) is 12.7. The normalized spacial score (nSPS) is 21.8. The molecule has 102 valence electrons. The van der Waals surface area contributed by atoms with Gasteiger partial charge in [-0.1, -0.05) is 24.3 Å². The predicted octanol–water partition coefficient (Wildman–Crippen LogP) is 2.06. The number of rotatable bonds is 4. The summed E-state index contributed by atoms with van der Waals surface area (Å²) in [7, 11) is 0. The quantitative estimate of drug-likeness (QED) is 0.898. The molecule has 0 aromatic heterocycles. The van der Waals surface area contributed by atoms with E-state index in [0.717, 1.165) is 32.1 Å². The largest absolute Gasteiger partial charge is 0.338 e. The molecule has 1 atom stereocenters. The lowest BCUT2D eigenvalue weighted by Crippen LogP contribution is -2.41. The average Bonchev–Trinajstić information content (AvgIpc) is 3.28. The summed E-state index contributed by atoms with van der Waals surface area (Å²) in [5.41, 5.74) is 8.27. The average molecular weight is 258 g/mol. The number of nitrogens with two attached hydrogens (primary N) is 1. The lowest BCUT2D eigenvalue weighted by atomic mass is 9.82. The van der Waals surface area contributed by atoms with Gasteiger partial charge in [0.2, 0.25) is 5.91 Å². The Morgan fingerprint density at radius 1 is 1.26 bits per heavy atom. The highest BCUT2D eigenvalue weighted by Crippen LogP contribution is 2.36. The number of carbonyl (C=O) groups excluding carboxylic acids is 1. The van der Waals surface area contributed by atoms with Crippen LogP contribution in [0.25, 0.3) is 0 Å². The maximum absolute atomic E-state index is 12.8. The third-order valence-corrected chi connectivity index (χ3v) is 4.31. The molecular formula is C16H22N2O. The number of hydrogen-bond donors (Lipinski definition) is 1. The SMILES string of the molecule is NCCN(C(=O)C1CCCc2ccccc21)C1CC1. The molecule has 1 aromatic carbocycles. The second-order valence-electron chi connectivity index (χ2n) is 5.70. The molecule has 3 heteroatoms. The summed E-state index contributed by atoms with van der Waals surface area (Å²) in [6.45, 7) is 1.28. The Kier molecular flexibility index (Phi) is 3.56. The Bertz CT molecular complexity index is 468. The monoisotopic (exact) mass is 258 g/mol. The zero-order valence-corrected chi connectivity index (χ0v) is 11.3. The Morgan fingerprint density at radius 2 is 2.05 bits per heavy atom. The molecule has 1 saturated carbocycles. The molecular weight excluding hydrogens is 236 g/mol. The fraction of sp³-hybridized carbons (Fsp3) is 0.562. The number of benzene rings is 1. The van der Waals surface area contributed by atoms with Crippen molar-refractivity contribution in [3.63, 3.8) is 0 Å². The highest BCUT2D eigenvalue weighted by Gasteiger charge is 2.37. The second kappa shape index (κ2) is 5.33. The van der Waals surface area contributed by atoms with Gasteiger partial charge in [0.05, 0.1) is 5.92 Å². The van der Waals surface area contributed by atoms with Gasteiger partial charge >= 0.3 is 0 Å². The van der Waals surface area contributed by atoms with Crippen LogP contribution in [0.3, 0.4) is 0 Å². The summed E-state index contributed by atoms with van der Waals surface area (Å²) in [5, 5.41) is 0. The van der Waals surface area contributed by atoms with Crippen molar-refractivity contribution in [3.8, 4) is 0 Å². The molecule has 1 unspecified atom stereocenters. The third kappa shape index (κ3) is 2.52. The van der Waals surface area contributed by atoms with Crippen LogP contribution in [-0.4, -0.2) is 29.9 Å². The molecule has 3 nitrogen and oxygen atoms in total. The van der Waals surface area contributed by atoms with E-state index >= 15 is 0 Å². The molecule has 0 spiro atoms. The first-order valence-corrected chi connectivity index (χ1v) is 7.39. The van der Waals surface area contributed by atoms with Crippen LogP contribution in [0, 0.1) is 0 Å². The number of hydrogen-bond acceptors (Lipinski definition) is 2. The first-order valence-electron chi connectivity index (χ1n) is 7.39. The van der Waals surface area contributed by atoms with Crippen LogP contribution in [-0.2, 0) is 11.2 Å². The summed E-state index contributed by atoms with van der Waals surface area (Å²) < 4.78 is 0. The van der Waals surface area contributed by atoms with Crippen molar-refractivity contribution < 1.29 is 4.79 Å². The molecule has 3 rings (SSSR count). The van der Waals surface area contributed by atoms with Crippen molar-refractivity contribution in [1.29, 1.82) is 0 Å². The minimum absolute atomic E-state index is 0.0668. The van der Waals surface area contributed by atoms with Crippen molar-refractivity contribution in [1.82, 2.24) is 4.90 Å². The fourth-order valence-corrected chi connectivity index (χ4v) is 3.21. The van der Waals surface area contributed by atoms with Crippen LogP contribution in [0.2, 0.25) is 0 Å². The van der Waals surface area contributed by atoms with Gasteiger partial charge in [0.15, 0.2) is 0 Å². The van der Waals surface area contributed by atoms with E-state index in [-0.39, 0.29) is 5.92 Å². The van der Waals surface area contributed by atoms with Crippen LogP contribution in [0.15, 0.2) is 24.3 Å². The van der Waals surface area contributed by atoms with Gasteiger partial charge in [0.25, 0.3) is 0 Å². The van der Waals surface area contributed by atoms with Gasteiger partial charge in [-0.05, 0) is 43.2 Å². The summed E-state index contributed by atoms with van der Waals surface area (Å²) in [5.74, 6) is 0.372. The van der Waals surface area contributed by atoms with Gasteiger partial charge < -0.3 is 10.6 Å². The van der Waals surface area contributed by atoms with Gasteiger partial charge in [-0.2, -0.15) is 0 Å². The smallest absolute Gasteiger partial charge is 0.230 e. The van der Waals surface area contributed by atoms with E-state index in [1.54, 1.807) is 0 Å². The molecule has 2 aliphatic rings. The number of nitrogens with zero attached hydrogens (tertiary/aromatic N) is 1. The highest BCUT2D eigenvalue weighted by atomic mass is 16.2. The van der Waals surface area contributed by atoms with Gasteiger partial charge in [-0.25, -0.2) is 0 Å². The summed E-state index contributed by atoms with van der Waals surface area (Å²) in [4.78, 5) is 14.8. The summed E-state index contributed by atoms with van der Waals surface area (Å²) >= 11 is 0. The fourth-order valence-electron chi connectivity index (χ4n) is 3.21. The topological polar surface area (TPSA) is 46.3 Å². The zero-order valence-electron chi connectivity index (χ0n) is 11.3. The standard InChI is InChI=1S/C16H22N2O/c17-10-11-18(13-8-9-13)16(19)15-7-3-5-12-4-1-2-6-14(12)15/h1-2,4,6,13,15H,3,5,7-11,17H2. The van der Waals surface area contributed by atoms with Crippen LogP contribution >= 0.6 is 0 Å². The molecule has 1 aromatic rings. The van der Waals surface area contributed by atoms with Gasteiger partial charge in [0, 0.05) is 19.1 Å². The van der Waals surface area contributed by atoms with Crippen LogP contribution < -0.4 is 5.73 Å². The number of aryl methyl sites for hydroxylation is 1. The minimum atomic E-state index is 0.0668. The highest BCUT2D eigenvalue weighted by molar-refractivity contribution is 5.85. The van der Waals surface area contributed by atoms with E-state index < -0.39 is 0 Å². The predicted molar refractivity (Wildman–Crippen MR) is 75.9 cm³/mol. The molecule has 0 aliphatic heterocycles. The maximum atomic E-state index is 12.8. The van der Waals surface area contributed by atoms with Gasteiger partial charge in [-0.3, -0.25) is 4.79 Å². The maximum Gasteiger partial charge on any atom is 0.230 e. The number of carbonyl (C=O) groups is 1. The van der Waals surface area contributed by atoms with Crippen LogP contribution in [0.5, 0.6) is 0 Å².